The molecule has 90 valence electrons. The Balaban J connectivity index is 2.95. The molecule has 1 rings (SSSR count). The van der Waals surface area contributed by atoms with Gasteiger partial charge in [0.1, 0.15) is 17.7 Å². The molecule has 5 heteroatoms. The lowest BCUT2D eigenvalue weighted by atomic mass is 9.93. The van der Waals surface area contributed by atoms with E-state index in [9.17, 15) is 13.6 Å². The highest BCUT2D eigenvalue weighted by atomic mass is 19.1. The van der Waals surface area contributed by atoms with Crippen molar-refractivity contribution < 1.29 is 18.7 Å². The standard InChI is InChI=1S/C12H11F2NO2/c1-2-7(5-11(15)12(16)17)8-3-9(13)6-10(14)4-8/h1,3-4,6-7,11H,5,15H2,(H,16,17)/t7-,11+/m1/s1. The molecule has 0 saturated carbocycles. The van der Waals surface area contributed by atoms with Gasteiger partial charge in [0.25, 0.3) is 0 Å². The number of carboxylic acids is 1. The second-order valence-corrected chi connectivity index (χ2v) is 3.60. The molecule has 0 amide bonds. The van der Waals surface area contributed by atoms with Crippen LogP contribution in [0.15, 0.2) is 18.2 Å². The SMILES string of the molecule is C#C[C@H](C[C@H](N)C(=O)O)c1cc(F)cc(F)c1. The van der Waals surface area contributed by atoms with Crippen LogP contribution < -0.4 is 5.73 Å². The molecule has 0 aliphatic carbocycles. The molecule has 0 spiro atoms. The second kappa shape index (κ2) is 5.41. The van der Waals surface area contributed by atoms with Crippen molar-refractivity contribution in [1.82, 2.24) is 0 Å². The van der Waals surface area contributed by atoms with Crippen molar-refractivity contribution in [3.05, 3.63) is 35.4 Å². The predicted octanol–water partition coefficient (Wildman–Crippen LogP) is 1.48. The highest BCUT2D eigenvalue weighted by molar-refractivity contribution is 5.73. The minimum atomic E-state index is -1.21. The zero-order valence-electron chi connectivity index (χ0n) is 8.86. The summed E-state index contributed by atoms with van der Waals surface area (Å²) in [4.78, 5) is 10.6. The molecular weight excluding hydrogens is 228 g/mol. The van der Waals surface area contributed by atoms with Gasteiger partial charge in [0.2, 0.25) is 0 Å². The fourth-order valence-electron chi connectivity index (χ4n) is 1.43. The summed E-state index contributed by atoms with van der Waals surface area (Å²) >= 11 is 0. The summed E-state index contributed by atoms with van der Waals surface area (Å²) in [7, 11) is 0. The third kappa shape index (κ3) is 3.54. The van der Waals surface area contributed by atoms with Gasteiger partial charge in [-0.15, -0.1) is 6.42 Å². The first-order chi connectivity index (χ1) is 7.93. The Morgan fingerprint density at radius 1 is 1.41 bits per heavy atom. The molecule has 0 heterocycles. The first-order valence-corrected chi connectivity index (χ1v) is 4.84. The quantitative estimate of drug-likeness (QED) is 0.782. The summed E-state index contributed by atoms with van der Waals surface area (Å²) in [5.74, 6) is -1.17. The molecule has 17 heavy (non-hydrogen) atoms. The van der Waals surface area contributed by atoms with E-state index >= 15 is 0 Å². The summed E-state index contributed by atoms with van der Waals surface area (Å²) in [6.45, 7) is 0. The van der Waals surface area contributed by atoms with E-state index in [1.165, 1.54) is 0 Å². The van der Waals surface area contributed by atoms with E-state index < -0.39 is 29.6 Å². The Kier molecular flexibility index (Phi) is 4.18. The van der Waals surface area contributed by atoms with Crippen molar-refractivity contribution in [3.63, 3.8) is 0 Å². The van der Waals surface area contributed by atoms with E-state index in [2.05, 4.69) is 5.92 Å². The summed E-state index contributed by atoms with van der Waals surface area (Å²) in [6.07, 6.45) is 5.14. The summed E-state index contributed by atoms with van der Waals surface area (Å²) in [6, 6.07) is 1.70. The molecule has 1 aromatic rings. The third-order valence-electron chi connectivity index (χ3n) is 2.30. The molecule has 0 aliphatic heterocycles. The van der Waals surface area contributed by atoms with Gasteiger partial charge in [-0.1, -0.05) is 5.92 Å². The maximum Gasteiger partial charge on any atom is 0.320 e. The van der Waals surface area contributed by atoms with E-state index in [0.717, 1.165) is 12.1 Å². The van der Waals surface area contributed by atoms with Crippen molar-refractivity contribution in [1.29, 1.82) is 0 Å². The van der Waals surface area contributed by atoms with Gasteiger partial charge in [-0.25, -0.2) is 8.78 Å². The minimum Gasteiger partial charge on any atom is -0.480 e. The Bertz CT molecular complexity index is 448. The number of rotatable bonds is 4. The van der Waals surface area contributed by atoms with E-state index in [0.29, 0.717) is 6.07 Å². The normalized spacial score (nSPS) is 13.8. The molecule has 0 saturated heterocycles. The summed E-state index contributed by atoms with van der Waals surface area (Å²) in [5, 5.41) is 8.64. The second-order valence-electron chi connectivity index (χ2n) is 3.60. The lowest BCUT2D eigenvalue weighted by molar-refractivity contribution is -0.138. The van der Waals surface area contributed by atoms with Crippen LogP contribution in [0.4, 0.5) is 8.78 Å². The topological polar surface area (TPSA) is 63.3 Å². The van der Waals surface area contributed by atoms with Gasteiger partial charge in [-0.2, -0.15) is 0 Å². The highest BCUT2D eigenvalue weighted by Crippen LogP contribution is 2.22. The van der Waals surface area contributed by atoms with Crippen molar-refractivity contribution in [2.24, 2.45) is 5.73 Å². The van der Waals surface area contributed by atoms with Crippen LogP contribution in [0, 0.1) is 24.0 Å². The van der Waals surface area contributed by atoms with Crippen LogP contribution in [0.1, 0.15) is 17.9 Å². The number of carboxylic acid groups (broad SMARTS) is 1. The fourth-order valence-corrected chi connectivity index (χ4v) is 1.43. The van der Waals surface area contributed by atoms with Crippen LogP contribution in [-0.2, 0) is 4.79 Å². The first-order valence-electron chi connectivity index (χ1n) is 4.84. The maximum absolute atomic E-state index is 13.0. The number of hydrogen-bond donors (Lipinski definition) is 2. The Morgan fingerprint density at radius 2 is 1.94 bits per heavy atom. The number of halogens is 2. The number of hydrogen-bond acceptors (Lipinski definition) is 2. The van der Waals surface area contributed by atoms with Crippen molar-refractivity contribution in [2.75, 3.05) is 0 Å². The molecule has 0 unspecified atom stereocenters. The molecule has 0 fully saturated rings. The number of aliphatic carboxylic acids is 1. The predicted molar refractivity (Wildman–Crippen MR) is 58.2 cm³/mol. The van der Waals surface area contributed by atoms with Crippen LogP contribution in [0.2, 0.25) is 0 Å². The van der Waals surface area contributed by atoms with Gasteiger partial charge < -0.3 is 10.8 Å². The molecule has 1 aromatic carbocycles. The van der Waals surface area contributed by atoms with Crippen molar-refractivity contribution in [2.45, 2.75) is 18.4 Å². The molecule has 3 nitrogen and oxygen atoms in total. The lowest BCUT2D eigenvalue weighted by Gasteiger charge is -2.14. The van der Waals surface area contributed by atoms with Gasteiger partial charge in [-0.05, 0) is 24.1 Å². The van der Waals surface area contributed by atoms with Gasteiger partial charge in [0.15, 0.2) is 0 Å². The molecule has 0 aromatic heterocycles. The molecule has 3 N–H and O–H groups in total. The molecule has 0 aliphatic rings. The van der Waals surface area contributed by atoms with E-state index in [1.807, 2.05) is 0 Å². The number of carbonyl (C=O) groups is 1. The third-order valence-corrected chi connectivity index (χ3v) is 2.30. The largest absolute Gasteiger partial charge is 0.480 e. The van der Waals surface area contributed by atoms with E-state index in [-0.39, 0.29) is 12.0 Å². The molecule has 2 atom stereocenters. The average Bonchev–Trinajstić information content (AvgIpc) is 2.23. The molecule has 0 bridgehead atoms. The van der Waals surface area contributed by atoms with Gasteiger partial charge in [-0.3, -0.25) is 4.79 Å². The smallest absolute Gasteiger partial charge is 0.320 e. The lowest BCUT2D eigenvalue weighted by Crippen LogP contribution is -2.31. The van der Waals surface area contributed by atoms with Crippen LogP contribution >= 0.6 is 0 Å². The van der Waals surface area contributed by atoms with Crippen molar-refractivity contribution in [3.8, 4) is 12.3 Å². The van der Waals surface area contributed by atoms with Crippen molar-refractivity contribution >= 4 is 5.97 Å². The number of benzene rings is 1. The van der Waals surface area contributed by atoms with Gasteiger partial charge in [0, 0.05) is 12.0 Å². The zero-order valence-corrected chi connectivity index (χ0v) is 8.86. The number of terminal acetylenes is 1. The van der Waals surface area contributed by atoms with Crippen LogP contribution in [0.3, 0.4) is 0 Å². The Hall–Kier alpha value is -1.93. The number of nitrogens with two attached hydrogens (primary N) is 1. The van der Waals surface area contributed by atoms with Crippen LogP contribution in [0.5, 0.6) is 0 Å². The Labute approximate surface area is 97.2 Å². The monoisotopic (exact) mass is 239 g/mol. The van der Waals surface area contributed by atoms with Crippen LogP contribution in [-0.4, -0.2) is 17.1 Å². The van der Waals surface area contributed by atoms with Crippen LogP contribution in [0.25, 0.3) is 0 Å². The van der Waals surface area contributed by atoms with Gasteiger partial charge in [0.05, 0.1) is 0 Å². The maximum atomic E-state index is 13.0. The van der Waals surface area contributed by atoms with E-state index in [4.69, 9.17) is 17.3 Å². The zero-order chi connectivity index (χ0) is 13.0. The fraction of sp³-hybridized carbons (Fsp3) is 0.250. The molecule has 0 radical (unpaired) electrons. The van der Waals surface area contributed by atoms with Gasteiger partial charge >= 0.3 is 5.97 Å². The summed E-state index contributed by atoms with van der Waals surface area (Å²) < 4.78 is 25.9. The molecular formula is C12H11F2NO2. The van der Waals surface area contributed by atoms with E-state index in [1.54, 1.807) is 0 Å². The Morgan fingerprint density at radius 3 is 2.35 bits per heavy atom. The first kappa shape index (κ1) is 13.1. The highest BCUT2D eigenvalue weighted by Gasteiger charge is 2.19. The minimum absolute atomic E-state index is 0.0747. The average molecular weight is 239 g/mol. The summed E-state index contributed by atoms with van der Waals surface area (Å²) in [5.41, 5.74) is 5.53.